The van der Waals surface area contributed by atoms with Crippen LogP contribution in [0.1, 0.15) is 47.7 Å². The summed E-state index contributed by atoms with van der Waals surface area (Å²) in [5.74, 6) is 0.0322. The fourth-order valence-corrected chi connectivity index (χ4v) is 3.91. The fraction of sp³-hybridized carbons (Fsp3) is 0.455. The molecule has 1 aromatic carbocycles. The van der Waals surface area contributed by atoms with E-state index in [-0.39, 0.29) is 40.9 Å². The number of aromatic hydroxyl groups is 1. The molecule has 0 atom stereocenters. The number of H-pyrrole nitrogens is 1. The lowest BCUT2D eigenvalue weighted by atomic mass is 9.80. The van der Waals surface area contributed by atoms with E-state index in [1.165, 1.54) is 19.2 Å². The molecule has 2 amide bonds. The first kappa shape index (κ1) is 22.4. The third-order valence-corrected chi connectivity index (χ3v) is 5.84. The van der Waals surface area contributed by atoms with Crippen LogP contribution in [-0.4, -0.2) is 71.4 Å². The number of hydrogen-bond acceptors (Lipinski definition) is 8. The van der Waals surface area contributed by atoms with Crippen LogP contribution in [-0.2, 0) is 9.53 Å². The standard InChI is InChI=1S/C22H26N4O7/c1-31-14-8-18(28)16(11-27)19(9-14)32-12-21(29)23-20-10-17(24-25-20)13-6-15(7-13)33-22(30)26-4-2-3-5-26/h8-11,13,15,28H,2-7,12H2,1H3,(H2,23,24,25,29). The molecule has 0 unspecified atom stereocenters. The van der Waals surface area contributed by atoms with Crippen LogP contribution < -0.4 is 14.8 Å². The number of likely N-dealkylation sites (tertiary alicyclic amines) is 1. The van der Waals surface area contributed by atoms with Gasteiger partial charge in [0, 0.05) is 42.9 Å². The minimum absolute atomic E-state index is 0.0312. The SMILES string of the molecule is COc1cc(O)c(C=O)c(OCC(=O)Nc2cc(C3CC(OC(=O)N4CCCC4)C3)[nH]n2)c1. The van der Waals surface area contributed by atoms with Crippen molar-refractivity contribution in [2.24, 2.45) is 0 Å². The first-order valence-corrected chi connectivity index (χ1v) is 10.8. The molecular formula is C22H26N4O7. The smallest absolute Gasteiger partial charge is 0.410 e. The molecule has 1 aromatic heterocycles. The molecule has 1 saturated carbocycles. The highest BCUT2D eigenvalue weighted by Crippen LogP contribution is 2.39. The molecule has 1 aliphatic carbocycles. The van der Waals surface area contributed by atoms with Gasteiger partial charge in [-0.3, -0.25) is 14.7 Å². The summed E-state index contributed by atoms with van der Waals surface area (Å²) in [5.41, 5.74) is 0.774. The molecule has 11 heteroatoms. The third-order valence-electron chi connectivity index (χ3n) is 5.84. The summed E-state index contributed by atoms with van der Waals surface area (Å²) in [7, 11) is 1.41. The molecule has 1 aliphatic heterocycles. The largest absolute Gasteiger partial charge is 0.507 e. The number of aldehydes is 1. The minimum atomic E-state index is -0.488. The average Bonchev–Trinajstić information content (AvgIpc) is 3.46. The maximum atomic E-state index is 12.3. The van der Waals surface area contributed by atoms with Gasteiger partial charge < -0.3 is 29.5 Å². The number of nitrogens with one attached hydrogen (secondary N) is 2. The molecule has 0 bridgehead atoms. The molecule has 2 fully saturated rings. The van der Waals surface area contributed by atoms with E-state index in [0.717, 1.165) is 31.6 Å². The summed E-state index contributed by atoms with van der Waals surface area (Å²) in [6, 6.07) is 4.42. The molecule has 2 aliphatic rings. The average molecular weight is 458 g/mol. The zero-order chi connectivity index (χ0) is 23.4. The van der Waals surface area contributed by atoms with Gasteiger partial charge in [0.25, 0.3) is 5.91 Å². The molecule has 3 N–H and O–H groups in total. The van der Waals surface area contributed by atoms with Gasteiger partial charge in [0.15, 0.2) is 18.7 Å². The molecule has 4 rings (SSSR count). The molecular weight excluding hydrogens is 432 g/mol. The van der Waals surface area contributed by atoms with Crippen molar-refractivity contribution in [3.8, 4) is 17.2 Å². The number of nitrogens with zero attached hydrogens (tertiary/aromatic N) is 2. The minimum Gasteiger partial charge on any atom is -0.507 e. The molecule has 2 heterocycles. The van der Waals surface area contributed by atoms with Crippen LogP contribution in [0, 0.1) is 0 Å². The second-order valence-corrected chi connectivity index (χ2v) is 8.09. The van der Waals surface area contributed by atoms with Gasteiger partial charge in [0.2, 0.25) is 0 Å². The molecule has 176 valence electrons. The van der Waals surface area contributed by atoms with Crippen molar-refractivity contribution >= 4 is 24.1 Å². The molecule has 0 radical (unpaired) electrons. The number of rotatable bonds is 8. The van der Waals surface area contributed by atoms with E-state index in [4.69, 9.17) is 14.2 Å². The quantitative estimate of drug-likeness (QED) is 0.512. The summed E-state index contributed by atoms with van der Waals surface area (Å²) in [6.45, 7) is 1.13. The van der Waals surface area contributed by atoms with Gasteiger partial charge in [-0.1, -0.05) is 0 Å². The molecule has 1 saturated heterocycles. The van der Waals surface area contributed by atoms with Gasteiger partial charge in [-0.2, -0.15) is 5.10 Å². The van der Waals surface area contributed by atoms with Gasteiger partial charge in [0.05, 0.1) is 12.7 Å². The fourth-order valence-electron chi connectivity index (χ4n) is 3.91. The predicted octanol–water partition coefficient (Wildman–Crippen LogP) is 2.43. The molecule has 33 heavy (non-hydrogen) atoms. The third kappa shape index (κ3) is 5.18. The van der Waals surface area contributed by atoms with E-state index in [2.05, 4.69) is 15.5 Å². The van der Waals surface area contributed by atoms with E-state index in [1.807, 2.05) is 0 Å². The van der Waals surface area contributed by atoms with Gasteiger partial charge in [-0.25, -0.2) is 4.79 Å². The summed E-state index contributed by atoms with van der Waals surface area (Å²) >= 11 is 0. The van der Waals surface area contributed by atoms with E-state index < -0.39 is 12.5 Å². The Hall–Kier alpha value is -3.76. The predicted molar refractivity (Wildman–Crippen MR) is 116 cm³/mol. The van der Waals surface area contributed by atoms with Crippen LogP contribution in [0.4, 0.5) is 10.6 Å². The van der Waals surface area contributed by atoms with Gasteiger partial charge >= 0.3 is 6.09 Å². The Kier molecular flexibility index (Phi) is 6.66. The van der Waals surface area contributed by atoms with Crippen LogP contribution in [0.2, 0.25) is 0 Å². The molecule has 0 spiro atoms. The number of ether oxygens (including phenoxy) is 3. The Morgan fingerprint density at radius 1 is 1.27 bits per heavy atom. The number of aromatic nitrogens is 2. The number of carbonyl (C=O) groups excluding carboxylic acids is 3. The summed E-state index contributed by atoms with van der Waals surface area (Å²) in [6.07, 6.45) is 3.54. The topological polar surface area (TPSA) is 143 Å². The number of amides is 2. The zero-order valence-electron chi connectivity index (χ0n) is 18.2. The second-order valence-electron chi connectivity index (χ2n) is 8.09. The Bertz CT molecular complexity index is 1030. The number of methoxy groups -OCH3 is 1. The number of anilines is 1. The lowest BCUT2D eigenvalue weighted by molar-refractivity contribution is -0.118. The number of carbonyl (C=O) groups is 3. The Morgan fingerprint density at radius 3 is 2.73 bits per heavy atom. The van der Waals surface area contributed by atoms with Crippen LogP contribution in [0.15, 0.2) is 18.2 Å². The number of benzene rings is 1. The first-order chi connectivity index (χ1) is 16.0. The monoisotopic (exact) mass is 458 g/mol. The van der Waals surface area contributed by atoms with Crippen molar-refractivity contribution < 1.29 is 33.7 Å². The number of phenols is 1. The van der Waals surface area contributed by atoms with Crippen LogP contribution in [0.25, 0.3) is 0 Å². The van der Waals surface area contributed by atoms with Crippen molar-refractivity contribution in [3.05, 3.63) is 29.5 Å². The highest BCUT2D eigenvalue weighted by atomic mass is 16.6. The van der Waals surface area contributed by atoms with Crippen LogP contribution in [0.3, 0.4) is 0 Å². The number of hydrogen-bond donors (Lipinski definition) is 3. The van der Waals surface area contributed by atoms with E-state index in [1.54, 1.807) is 11.0 Å². The van der Waals surface area contributed by atoms with Crippen molar-refractivity contribution in [1.29, 1.82) is 0 Å². The molecule has 11 nitrogen and oxygen atoms in total. The van der Waals surface area contributed by atoms with Crippen molar-refractivity contribution in [2.75, 3.05) is 32.1 Å². The van der Waals surface area contributed by atoms with Gasteiger partial charge in [0.1, 0.15) is 23.4 Å². The summed E-state index contributed by atoms with van der Waals surface area (Å²) in [4.78, 5) is 37.3. The highest BCUT2D eigenvalue weighted by Gasteiger charge is 2.35. The number of aromatic amines is 1. The van der Waals surface area contributed by atoms with Crippen molar-refractivity contribution in [2.45, 2.75) is 37.7 Å². The van der Waals surface area contributed by atoms with E-state index in [9.17, 15) is 19.5 Å². The van der Waals surface area contributed by atoms with Crippen LogP contribution in [0.5, 0.6) is 17.2 Å². The first-order valence-electron chi connectivity index (χ1n) is 10.8. The normalized spacial score (nSPS) is 19.5. The highest BCUT2D eigenvalue weighted by molar-refractivity contribution is 5.91. The Labute approximate surface area is 190 Å². The van der Waals surface area contributed by atoms with Crippen LogP contribution >= 0.6 is 0 Å². The van der Waals surface area contributed by atoms with Crippen molar-refractivity contribution in [3.63, 3.8) is 0 Å². The lowest BCUT2D eigenvalue weighted by Crippen LogP contribution is -2.37. The zero-order valence-corrected chi connectivity index (χ0v) is 18.2. The maximum absolute atomic E-state index is 12.3. The maximum Gasteiger partial charge on any atom is 0.410 e. The summed E-state index contributed by atoms with van der Waals surface area (Å²) in [5, 5.41) is 19.5. The Balaban J connectivity index is 1.25. The van der Waals surface area contributed by atoms with Gasteiger partial charge in [-0.05, 0) is 25.7 Å². The van der Waals surface area contributed by atoms with Gasteiger partial charge in [-0.15, -0.1) is 0 Å². The lowest BCUT2D eigenvalue weighted by Gasteiger charge is -2.34. The second kappa shape index (κ2) is 9.80. The summed E-state index contributed by atoms with van der Waals surface area (Å²) < 4.78 is 16.0. The number of phenolic OH excluding ortho intramolecular Hbond substituents is 1. The van der Waals surface area contributed by atoms with E-state index >= 15 is 0 Å². The molecule has 2 aromatic rings. The Morgan fingerprint density at radius 2 is 2.03 bits per heavy atom. The van der Waals surface area contributed by atoms with Crippen molar-refractivity contribution in [1.82, 2.24) is 15.1 Å². The van der Waals surface area contributed by atoms with E-state index in [0.29, 0.717) is 24.9 Å².